The van der Waals surface area contributed by atoms with Crippen molar-refractivity contribution in [1.82, 2.24) is 10.3 Å². The van der Waals surface area contributed by atoms with Gasteiger partial charge in [-0.3, -0.25) is 4.79 Å². The van der Waals surface area contributed by atoms with Crippen molar-refractivity contribution in [2.24, 2.45) is 0 Å². The predicted molar refractivity (Wildman–Crippen MR) is 81.5 cm³/mol. The van der Waals surface area contributed by atoms with Crippen LogP contribution >= 0.6 is 11.6 Å². The molecule has 3 aromatic rings. The van der Waals surface area contributed by atoms with Crippen molar-refractivity contribution in [3.63, 3.8) is 0 Å². The molecule has 0 atom stereocenters. The Bertz CT molecular complexity index is 783. The van der Waals surface area contributed by atoms with Gasteiger partial charge < -0.3 is 9.73 Å². The van der Waals surface area contributed by atoms with Gasteiger partial charge in [-0.15, -0.1) is 0 Å². The molecule has 106 valence electrons. The Balaban J connectivity index is 1.61. The van der Waals surface area contributed by atoms with Crippen molar-refractivity contribution < 1.29 is 9.21 Å². The molecular formula is C16H13ClN2O2. The number of hydrogen-bond acceptors (Lipinski definition) is 3. The number of carbonyl (C=O) groups excluding carboxylic acids is 1. The van der Waals surface area contributed by atoms with Gasteiger partial charge in [-0.25, -0.2) is 4.98 Å². The standard InChI is InChI=1S/C16H13ClN2O2/c17-13-3-1-2-11(8-13)6-7-18-16(20)12-4-5-15-14(9-12)19-10-21-15/h1-5,8-10H,6-7H2,(H,18,20). The van der Waals surface area contributed by atoms with Gasteiger partial charge >= 0.3 is 0 Å². The van der Waals surface area contributed by atoms with E-state index in [1.54, 1.807) is 18.2 Å². The molecule has 0 aliphatic carbocycles. The van der Waals surface area contributed by atoms with Crippen LogP contribution in [0.25, 0.3) is 11.1 Å². The zero-order valence-electron chi connectivity index (χ0n) is 11.2. The molecule has 0 spiro atoms. The molecule has 0 unspecified atom stereocenters. The van der Waals surface area contributed by atoms with E-state index in [1.807, 2.05) is 24.3 Å². The van der Waals surface area contributed by atoms with Crippen molar-refractivity contribution in [3.8, 4) is 0 Å². The highest BCUT2D eigenvalue weighted by Crippen LogP contribution is 2.14. The lowest BCUT2D eigenvalue weighted by Gasteiger charge is -2.05. The van der Waals surface area contributed by atoms with E-state index in [0.717, 1.165) is 12.0 Å². The molecule has 0 radical (unpaired) electrons. The number of fused-ring (bicyclic) bond motifs is 1. The Kier molecular flexibility index (Phi) is 3.88. The van der Waals surface area contributed by atoms with Crippen LogP contribution in [0.2, 0.25) is 5.02 Å². The van der Waals surface area contributed by atoms with E-state index in [4.69, 9.17) is 16.0 Å². The van der Waals surface area contributed by atoms with Crippen molar-refractivity contribution >= 4 is 28.6 Å². The van der Waals surface area contributed by atoms with Crippen LogP contribution in [0.15, 0.2) is 53.3 Å². The Morgan fingerprint density at radius 3 is 3.00 bits per heavy atom. The fourth-order valence-electron chi connectivity index (χ4n) is 2.11. The summed E-state index contributed by atoms with van der Waals surface area (Å²) in [6, 6.07) is 12.8. The van der Waals surface area contributed by atoms with Crippen LogP contribution < -0.4 is 5.32 Å². The Morgan fingerprint density at radius 1 is 1.24 bits per heavy atom. The minimum atomic E-state index is -0.123. The Hall–Kier alpha value is -2.33. The summed E-state index contributed by atoms with van der Waals surface area (Å²) >= 11 is 5.92. The van der Waals surface area contributed by atoms with Crippen molar-refractivity contribution in [2.75, 3.05) is 6.54 Å². The third-order valence-corrected chi connectivity index (χ3v) is 3.42. The van der Waals surface area contributed by atoms with Gasteiger partial charge in [-0.1, -0.05) is 23.7 Å². The smallest absolute Gasteiger partial charge is 0.251 e. The molecule has 1 heterocycles. The molecule has 4 nitrogen and oxygen atoms in total. The predicted octanol–water partition coefficient (Wildman–Crippen LogP) is 3.45. The summed E-state index contributed by atoms with van der Waals surface area (Å²) in [5.74, 6) is -0.123. The normalized spacial score (nSPS) is 10.7. The number of nitrogens with zero attached hydrogens (tertiary/aromatic N) is 1. The monoisotopic (exact) mass is 300 g/mol. The van der Waals surface area contributed by atoms with Gasteiger partial charge in [0.05, 0.1) is 0 Å². The topological polar surface area (TPSA) is 55.1 Å². The molecule has 0 bridgehead atoms. The summed E-state index contributed by atoms with van der Waals surface area (Å²) in [4.78, 5) is 16.1. The summed E-state index contributed by atoms with van der Waals surface area (Å²) in [5.41, 5.74) is 3.01. The molecule has 0 aliphatic rings. The van der Waals surface area contributed by atoms with Crippen LogP contribution in [0, 0.1) is 0 Å². The van der Waals surface area contributed by atoms with Crippen molar-refractivity contribution in [1.29, 1.82) is 0 Å². The zero-order valence-corrected chi connectivity index (χ0v) is 11.9. The first kappa shape index (κ1) is 13.6. The Morgan fingerprint density at radius 2 is 2.14 bits per heavy atom. The molecule has 1 amide bonds. The second-order valence-corrected chi connectivity index (χ2v) is 5.11. The third kappa shape index (κ3) is 3.23. The lowest BCUT2D eigenvalue weighted by atomic mass is 10.1. The van der Waals surface area contributed by atoms with Gasteiger partial charge in [0.2, 0.25) is 0 Å². The average molecular weight is 301 g/mol. The molecule has 5 heteroatoms. The molecule has 1 N–H and O–H groups in total. The van der Waals surface area contributed by atoms with Crippen molar-refractivity contribution in [3.05, 3.63) is 65.0 Å². The fourth-order valence-corrected chi connectivity index (χ4v) is 2.33. The number of nitrogens with one attached hydrogen (secondary N) is 1. The van der Waals surface area contributed by atoms with Gasteiger partial charge in [0.15, 0.2) is 12.0 Å². The number of aromatic nitrogens is 1. The molecule has 0 saturated carbocycles. The van der Waals surface area contributed by atoms with Gasteiger partial charge in [-0.2, -0.15) is 0 Å². The van der Waals surface area contributed by atoms with Crippen LogP contribution in [0.5, 0.6) is 0 Å². The first-order valence-electron chi connectivity index (χ1n) is 6.58. The average Bonchev–Trinajstić information content (AvgIpc) is 2.94. The third-order valence-electron chi connectivity index (χ3n) is 3.18. The second-order valence-electron chi connectivity index (χ2n) is 4.67. The highest BCUT2D eigenvalue weighted by Gasteiger charge is 2.07. The molecule has 2 aromatic carbocycles. The molecule has 0 fully saturated rings. The number of oxazole rings is 1. The Labute approximate surface area is 126 Å². The SMILES string of the molecule is O=C(NCCc1cccc(Cl)c1)c1ccc2ocnc2c1. The van der Waals surface area contributed by atoms with Crippen molar-refractivity contribution in [2.45, 2.75) is 6.42 Å². The van der Waals surface area contributed by atoms with Gasteiger partial charge in [-0.05, 0) is 42.3 Å². The zero-order chi connectivity index (χ0) is 14.7. The first-order valence-corrected chi connectivity index (χ1v) is 6.96. The second kappa shape index (κ2) is 5.97. The number of halogens is 1. The number of amides is 1. The lowest BCUT2D eigenvalue weighted by Crippen LogP contribution is -2.25. The van der Waals surface area contributed by atoms with Crippen LogP contribution in [-0.4, -0.2) is 17.4 Å². The van der Waals surface area contributed by atoms with Crippen LogP contribution in [0.1, 0.15) is 15.9 Å². The van der Waals surface area contributed by atoms with E-state index >= 15 is 0 Å². The van der Waals surface area contributed by atoms with Crippen LogP contribution in [0.4, 0.5) is 0 Å². The number of carbonyl (C=O) groups is 1. The maximum Gasteiger partial charge on any atom is 0.251 e. The minimum absolute atomic E-state index is 0.123. The van der Waals surface area contributed by atoms with Crippen LogP contribution in [-0.2, 0) is 6.42 Å². The highest BCUT2D eigenvalue weighted by molar-refractivity contribution is 6.30. The van der Waals surface area contributed by atoms with E-state index in [9.17, 15) is 4.79 Å². The summed E-state index contributed by atoms with van der Waals surface area (Å²) in [6.45, 7) is 0.552. The number of rotatable bonds is 4. The van der Waals surface area contributed by atoms with Gasteiger partial charge in [0.1, 0.15) is 5.52 Å². The summed E-state index contributed by atoms with van der Waals surface area (Å²) in [6.07, 6.45) is 2.10. The van der Waals surface area contributed by atoms with E-state index in [2.05, 4.69) is 10.3 Å². The number of benzene rings is 2. The molecule has 1 aromatic heterocycles. The van der Waals surface area contributed by atoms with E-state index in [-0.39, 0.29) is 5.91 Å². The maximum absolute atomic E-state index is 12.1. The molecule has 0 aliphatic heterocycles. The molecule has 3 rings (SSSR count). The largest absolute Gasteiger partial charge is 0.443 e. The molecular weight excluding hydrogens is 288 g/mol. The van der Waals surface area contributed by atoms with Crippen LogP contribution in [0.3, 0.4) is 0 Å². The van der Waals surface area contributed by atoms with E-state index in [1.165, 1.54) is 6.39 Å². The molecule has 21 heavy (non-hydrogen) atoms. The quantitative estimate of drug-likeness (QED) is 0.803. The highest BCUT2D eigenvalue weighted by atomic mass is 35.5. The fraction of sp³-hybridized carbons (Fsp3) is 0.125. The van der Waals surface area contributed by atoms with E-state index < -0.39 is 0 Å². The minimum Gasteiger partial charge on any atom is -0.443 e. The lowest BCUT2D eigenvalue weighted by molar-refractivity contribution is 0.0954. The summed E-state index contributed by atoms with van der Waals surface area (Å²) < 4.78 is 5.15. The maximum atomic E-state index is 12.1. The first-order chi connectivity index (χ1) is 10.2. The molecule has 0 saturated heterocycles. The van der Waals surface area contributed by atoms with Gasteiger partial charge in [0, 0.05) is 17.1 Å². The van der Waals surface area contributed by atoms with Gasteiger partial charge in [0.25, 0.3) is 5.91 Å². The number of hydrogen-bond donors (Lipinski definition) is 1. The summed E-state index contributed by atoms with van der Waals surface area (Å²) in [5, 5.41) is 3.59. The summed E-state index contributed by atoms with van der Waals surface area (Å²) in [7, 11) is 0. The van der Waals surface area contributed by atoms with E-state index in [0.29, 0.717) is 28.2 Å².